The van der Waals surface area contributed by atoms with E-state index in [0.29, 0.717) is 12.8 Å². The molecule has 0 N–H and O–H groups in total. The average molecular weight is 1030 g/mol. The number of carbonyl (C=O) groups is 3. The molecule has 0 fully saturated rings. The Morgan fingerprint density at radius 1 is 0.280 bits per heavy atom. The number of hydrogen-bond acceptors (Lipinski definition) is 6. The molecule has 75 heavy (non-hydrogen) atoms. The number of allylic oxidation sites excluding steroid dienone is 28. The lowest BCUT2D eigenvalue weighted by molar-refractivity contribution is -0.166. The van der Waals surface area contributed by atoms with Gasteiger partial charge in [-0.05, 0) is 135 Å². The van der Waals surface area contributed by atoms with Gasteiger partial charge in [0.2, 0.25) is 0 Å². The van der Waals surface area contributed by atoms with Gasteiger partial charge in [0.25, 0.3) is 0 Å². The molecular weight excluding hydrogens is 925 g/mol. The van der Waals surface area contributed by atoms with Crippen molar-refractivity contribution in [2.75, 3.05) is 13.2 Å². The first kappa shape index (κ1) is 69.8. The number of carbonyl (C=O) groups excluding carboxylic acids is 3. The Morgan fingerprint density at radius 3 is 0.947 bits per heavy atom. The predicted molar refractivity (Wildman–Crippen MR) is 325 cm³/mol. The smallest absolute Gasteiger partial charge is 0.306 e. The lowest BCUT2D eigenvalue weighted by Gasteiger charge is -2.18. The van der Waals surface area contributed by atoms with Crippen molar-refractivity contribution in [1.82, 2.24) is 0 Å². The van der Waals surface area contributed by atoms with E-state index < -0.39 is 6.10 Å². The van der Waals surface area contributed by atoms with Crippen LogP contribution >= 0.6 is 0 Å². The first-order chi connectivity index (χ1) is 37.0. The average Bonchev–Trinajstić information content (AvgIpc) is 3.41. The Hall–Kier alpha value is -5.23. The molecule has 1 atom stereocenters. The van der Waals surface area contributed by atoms with E-state index in [2.05, 4.69) is 179 Å². The van der Waals surface area contributed by atoms with Gasteiger partial charge in [0, 0.05) is 19.3 Å². The maximum Gasteiger partial charge on any atom is 0.306 e. The molecule has 0 aromatic heterocycles. The van der Waals surface area contributed by atoms with Crippen LogP contribution < -0.4 is 0 Å². The maximum atomic E-state index is 12.8. The summed E-state index contributed by atoms with van der Waals surface area (Å²) in [4.78, 5) is 38.1. The molecule has 0 saturated carbocycles. The van der Waals surface area contributed by atoms with Crippen LogP contribution in [0.25, 0.3) is 0 Å². The van der Waals surface area contributed by atoms with Crippen LogP contribution in [-0.2, 0) is 28.6 Å². The van der Waals surface area contributed by atoms with Gasteiger partial charge in [0.15, 0.2) is 6.10 Å². The topological polar surface area (TPSA) is 78.9 Å². The molecule has 0 radical (unpaired) electrons. The van der Waals surface area contributed by atoms with E-state index in [4.69, 9.17) is 14.2 Å². The fourth-order valence-electron chi connectivity index (χ4n) is 7.33. The maximum absolute atomic E-state index is 12.8. The standard InChI is InChI=1S/C69H106O6/c1-4-7-10-13-16-19-22-25-27-28-29-30-31-32-33-34-35-36-37-38-39-40-42-44-47-50-53-56-59-62-68(71)74-65-66(64-73-67(70)61-58-55-52-49-46-43-24-21-18-15-12-9-6-3)75-69(72)63-60-57-54-51-48-45-41-26-23-20-17-14-11-8-5-2/h7,9-10,12,16,18-19,21,25-27,29-30,32-33,35-36,38-39,41-44,46,50,52-53,55,66H,4-6,8,11,13-15,17,20,22-24,28,31,34,37,40,45,47-49,51,54,56-65H2,1-3H3/b10-7-,12-9-,19-16-,21-18-,27-25-,30-29-,33-32-,36-35-,39-38-,41-26-,44-42-,46-43-,53-50-,55-52-. The summed E-state index contributed by atoms with van der Waals surface area (Å²) in [5, 5.41) is 0. The van der Waals surface area contributed by atoms with Crippen molar-refractivity contribution >= 4 is 17.9 Å². The normalized spacial score (nSPS) is 13.4. The molecule has 0 rings (SSSR count). The summed E-state index contributed by atoms with van der Waals surface area (Å²) in [5.74, 6) is -1.10. The summed E-state index contributed by atoms with van der Waals surface area (Å²) in [7, 11) is 0. The molecule has 0 aliphatic heterocycles. The third-order valence-electron chi connectivity index (χ3n) is 11.7. The van der Waals surface area contributed by atoms with E-state index in [9.17, 15) is 14.4 Å². The molecule has 0 aromatic carbocycles. The summed E-state index contributed by atoms with van der Waals surface area (Å²) >= 11 is 0. The van der Waals surface area contributed by atoms with Crippen LogP contribution in [0.3, 0.4) is 0 Å². The van der Waals surface area contributed by atoms with Gasteiger partial charge in [-0.2, -0.15) is 0 Å². The van der Waals surface area contributed by atoms with E-state index in [-0.39, 0.29) is 50.4 Å². The van der Waals surface area contributed by atoms with Gasteiger partial charge in [0.05, 0.1) is 0 Å². The lowest BCUT2D eigenvalue weighted by Crippen LogP contribution is -2.30. The second-order valence-corrected chi connectivity index (χ2v) is 18.8. The zero-order valence-electron chi connectivity index (χ0n) is 47.7. The van der Waals surface area contributed by atoms with Crippen LogP contribution in [0.1, 0.15) is 226 Å². The van der Waals surface area contributed by atoms with Crippen molar-refractivity contribution in [2.24, 2.45) is 0 Å². The first-order valence-electron chi connectivity index (χ1n) is 29.6. The van der Waals surface area contributed by atoms with Crippen LogP contribution in [0.4, 0.5) is 0 Å². The molecule has 0 aromatic rings. The van der Waals surface area contributed by atoms with Crippen LogP contribution in [0.15, 0.2) is 170 Å². The number of esters is 3. The van der Waals surface area contributed by atoms with E-state index in [1.165, 1.54) is 44.9 Å². The van der Waals surface area contributed by atoms with E-state index in [0.717, 1.165) is 128 Å². The minimum Gasteiger partial charge on any atom is -0.462 e. The third-order valence-corrected chi connectivity index (χ3v) is 11.7. The van der Waals surface area contributed by atoms with Gasteiger partial charge in [-0.15, -0.1) is 0 Å². The van der Waals surface area contributed by atoms with E-state index >= 15 is 0 Å². The highest BCUT2D eigenvalue weighted by molar-refractivity contribution is 5.71. The SMILES string of the molecule is CC/C=C\C/C=C\C/C=C\C/C=C\C/C=C\C/C=C\C/C=C\C/C=C\C/C=C\CCCC(=O)OCC(COC(=O)CC/C=C\C/C=C\C/C=C\C/C=C\CC)OC(=O)CCCCCCC/C=C\CCCCCCCC. The van der Waals surface area contributed by atoms with Crippen LogP contribution in [0.5, 0.6) is 0 Å². The quantitative estimate of drug-likeness (QED) is 0.0261. The molecule has 6 nitrogen and oxygen atoms in total. The molecule has 0 bridgehead atoms. The van der Waals surface area contributed by atoms with Crippen LogP contribution in [-0.4, -0.2) is 37.2 Å². The molecule has 1 unspecified atom stereocenters. The number of rotatable bonds is 51. The number of ether oxygens (including phenoxy) is 3. The fourth-order valence-corrected chi connectivity index (χ4v) is 7.33. The van der Waals surface area contributed by atoms with Crippen molar-refractivity contribution in [3.8, 4) is 0 Å². The number of unbranched alkanes of at least 4 members (excludes halogenated alkanes) is 12. The molecule has 0 spiro atoms. The fraction of sp³-hybridized carbons (Fsp3) is 0.551. The van der Waals surface area contributed by atoms with E-state index in [1.807, 2.05) is 12.2 Å². The molecule has 0 amide bonds. The highest BCUT2D eigenvalue weighted by Gasteiger charge is 2.19. The highest BCUT2D eigenvalue weighted by atomic mass is 16.6. The second-order valence-electron chi connectivity index (χ2n) is 18.8. The van der Waals surface area contributed by atoms with Crippen LogP contribution in [0, 0.1) is 0 Å². The Labute approximate surface area is 460 Å². The van der Waals surface area contributed by atoms with Gasteiger partial charge < -0.3 is 14.2 Å². The minimum absolute atomic E-state index is 0.141. The van der Waals surface area contributed by atoms with Gasteiger partial charge in [-0.3, -0.25) is 14.4 Å². The van der Waals surface area contributed by atoms with Crippen molar-refractivity contribution in [2.45, 2.75) is 232 Å². The Bertz CT molecular complexity index is 1750. The first-order valence-corrected chi connectivity index (χ1v) is 29.6. The van der Waals surface area contributed by atoms with Crippen LogP contribution in [0.2, 0.25) is 0 Å². The minimum atomic E-state index is -0.843. The van der Waals surface area contributed by atoms with Crippen molar-refractivity contribution in [1.29, 1.82) is 0 Å². The second kappa shape index (κ2) is 61.3. The molecule has 6 heteroatoms. The van der Waals surface area contributed by atoms with Gasteiger partial charge >= 0.3 is 17.9 Å². The monoisotopic (exact) mass is 1030 g/mol. The molecule has 0 saturated heterocycles. The molecule has 0 heterocycles. The zero-order chi connectivity index (χ0) is 54.3. The van der Waals surface area contributed by atoms with Gasteiger partial charge in [-0.1, -0.05) is 242 Å². The van der Waals surface area contributed by atoms with Gasteiger partial charge in [-0.25, -0.2) is 0 Å². The van der Waals surface area contributed by atoms with Gasteiger partial charge in [0.1, 0.15) is 13.2 Å². The summed E-state index contributed by atoms with van der Waals surface area (Å²) in [6, 6.07) is 0. The van der Waals surface area contributed by atoms with Crippen molar-refractivity contribution in [3.63, 3.8) is 0 Å². The highest BCUT2D eigenvalue weighted by Crippen LogP contribution is 2.12. The zero-order valence-corrected chi connectivity index (χ0v) is 47.7. The summed E-state index contributed by atoms with van der Waals surface area (Å²) in [6.45, 7) is 6.26. The van der Waals surface area contributed by atoms with Crippen molar-refractivity contribution < 1.29 is 28.6 Å². The summed E-state index contributed by atoms with van der Waals surface area (Å²) in [6.07, 6.45) is 90.9. The number of hydrogen-bond donors (Lipinski definition) is 0. The third kappa shape index (κ3) is 59.5. The predicted octanol–water partition coefficient (Wildman–Crippen LogP) is 20.3. The lowest BCUT2D eigenvalue weighted by atomic mass is 10.1. The molecular formula is C69H106O6. The summed E-state index contributed by atoms with van der Waals surface area (Å²) < 4.78 is 16.7. The van der Waals surface area contributed by atoms with Crippen molar-refractivity contribution in [3.05, 3.63) is 170 Å². The largest absolute Gasteiger partial charge is 0.462 e. The molecule has 0 aliphatic rings. The van der Waals surface area contributed by atoms with E-state index in [1.54, 1.807) is 0 Å². The Morgan fingerprint density at radius 2 is 0.560 bits per heavy atom. The summed E-state index contributed by atoms with van der Waals surface area (Å²) in [5.41, 5.74) is 0. The molecule has 0 aliphatic carbocycles. The molecule has 418 valence electrons. The Kier molecular flexibility index (Phi) is 57.0. The Balaban J connectivity index is 4.51.